The molecule has 20 heavy (non-hydrogen) atoms. The molecule has 0 spiro atoms. The van der Waals surface area contributed by atoms with Crippen molar-refractivity contribution in [3.8, 4) is 5.75 Å². The highest BCUT2D eigenvalue weighted by molar-refractivity contribution is 6.12. The van der Waals surface area contributed by atoms with E-state index in [1.807, 2.05) is 18.2 Å². The summed E-state index contributed by atoms with van der Waals surface area (Å²) in [6.07, 6.45) is 1.48. The van der Waals surface area contributed by atoms with Crippen LogP contribution in [0.1, 0.15) is 15.9 Å². The average Bonchev–Trinajstić information content (AvgIpc) is 2.48. The topological polar surface area (TPSA) is 86.1 Å². The van der Waals surface area contributed by atoms with Gasteiger partial charge in [0, 0.05) is 4.91 Å². The van der Waals surface area contributed by atoms with Crippen molar-refractivity contribution in [1.29, 1.82) is 0 Å². The second-order valence-corrected chi connectivity index (χ2v) is 3.98. The van der Waals surface area contributed by atoms with E-state index in [0.717, 1.165) is 5.56 Å². The number of Topliss-reactive ketones (excluding diaryl/α,β-unsaturated/α-hetero) is 1. The minimum atomic E-state index is -0.523. The maximum atomic E-state index is 12.3. The Balaban J connectivity index is 2.45. The van der Waals surface area contributed by atoms with Gasteiger partial charge in [-0.25, -0.2) is 0 Å². The number of phenols is 1. The lowest BCUT2D eigenvalue weighted by molar-refractivity contribution is 0.103. The van der Waals surface area contributed by atoms with Crippen molar-refractivity contribution < 1.29 is 9.90 Å². The minimum Gasteiger partial charge on any atom is -0.507 e. The summed E-state index contributed by atoms with van der Waals surface area (Å²) in [6.45, 7) is 0. The van der Waals surface area contributed by atoms with Crippen molar-refractivity contribution in [1.82, 2.24) is 0 Å². The number of benzene rings is 2. The van der Waals surface area contributed by atoms with Crippen LogP contribution < -0.4 is 0 Å². The Bertz CT molecular complexity index is 702. The summed E-state index contributed by atoms with van der Waals surface area (Å²) in [7, 11) is 0. The molecule has 0 atom stereocenters. The van der Waals surface area contributed by atoms with Gasteiger partial charge in [0.2, 0.25) is 0 Å². The molecule has 5 nitrogen and oxygen atoms in total. The van der Waals surface area contributed by atoms with Crippen LogP contribution >= 0.6 is 0 Å². The number of hydrogen-bond acceptors (Lipinski definition) is 3. The number of hydrogen-bond donors (Lipinski definition) is 1. The number of aromatic hydroxyl groups is 1. The largest absolute Gasteiger partial charge is 0.507 e. The fourth-order valence-electron chi connectivity index (χ4n) is 1.70. The monoisotopic (exact) mass is 265 g/mol. The van der Waals surface area contributed by atoms with Gasteiger partial charge in [0.05, 0.1) is 11.3 Å². The maximum Gasteiger partial charge on any atom is 0.199 e. The van der Waals surface area contributed by atoms with Crippen LogP contribution in [0.25, 0.3) is 16.5 Å². The summed E-state index contributed by atoms with van der Waals surface area (Å²) in [5.74, 6) is -0.672. The zero-order valence-electron chi connectivity index (χ0n) is 10.5. The molecule has 0 bridgehead atoms. The van der Waals surface area contributed by atoms with E-state index in [2.05, 4.69) is 10.0 Å². The van der Waals surface area contributed by atoms with Gasteiger partial charge in [-0.3, -0.25) is 4.79 Å². The van der Waals surface area contributed by atoms with E-state index in [9.17, 15) is 9.90 Å². The number of carbonyl (C=O) groups is 1. The van der Waals surface area contributed by atoms with Crippen LogP contribution in [0.4, 0.5) is 0 Å². The molecule has 0 fully saturated rings. The molecule has 0 amide bonds. The molecule has 0 radical (unpaired) electrons. The molecule has 0 saturated carbocycles. The number of para-hydroxylation sites is 1. The van der Waals surface area contributed by atoms with Crippen molar-refractivity contribution in [2.45, 2.75) is 0 Å². The van der Waals surface area contributed by atoms with Crippen LogP contribution in [0.2, 0.25) is 0 Å². The SMILES string of the molecule is [N-]=[N+]=N/C(=C\c1ccccc1)C(=O)c1ccccc1O. The quantitative estimate of drug-likeness (QED) is 0.298. The Labute approximate surface area is 115 Å². The van der Waals surface area contributed by atoms with E-state index in [4.69, 9.17) is 5.53 Å². The molecule has 2 aromatic carbocycles. The lowest BCUT2D eigenvalue weighted by atomic mass is 10.1. The first-order valence-electron chi connectivity index (χ1n) is 5.87. The smallest absolute Gasteiger partial charge is 0.199 e. The van der Waals surface area contributed by atoms with Crippen molar-refractivity contribution in [2.24, 2.45) is 5.11 Å². The van der Waals surface area contributed by atoms with Gasteiger partial charge >= 0.3 is 0 Å². The van der Waals surface area contributed by atoms with Crippen molar-refractivity contribution in [2.75, 3.05) is 0 Å². The maximum absolute atomic E-state index is 12.3. The normalized spacial score (nSPS) is 10.7. The molecule has 0 aliphatic heterocycles. The van der Waals surface area contributed by atoms with Crippen LogP contribution in [0.3, 0.4) is 0 Å². The third kappa shape index (κ3) is 3.04. The van der Waals surface area contributed by atoms with Crippen LogP contribution in [-0.4, -0.2) is 10.9 Å². The number of rotatable bonds is 4. The minimum absolute atomic E-state index is 0.0693. The third-order valence-corrected chi connectivity index (χ3v) is 2.64. The predicted molar refractivity (Wildman–Crippen MR) is 76.0 cm³/mol. The van der Waals surface area contributed by atoms with Gasteiger partial charge in [-0.1, -0.05) is 47.6 Å². The number of nitrogens with zero attached hydrogens (tertiary/aromatic N) is 3. The molecule has 0 aliphatic carbocycles. The van der Waals surface area contributed by atoms with Gasteiger partial charge in [0.15, 0.2) is 5.78 Å². The Morgan fingerprint density at radius 1 is 1.10 bits per heavy atom. The van der Waals surface area contributed by atoms with Gasteiger partial charge in [-0.15, -0.1) is 0 Å². The van der Waals surface area contributed by atoms with E-state index < -0.39 is 5.78 Å². The molecule has 2 aromatic rings. The molecule has 98 valence electrons. The Morgan fingerprint density at radius 2 is 1.75 bits per heavy atom. The van der Waals surface area contributed by atoms with E-state index >= 15 is 0 Å². The first-order chi connectivity index (χ1) is 9.72. The van der Waals surface area contributed by atoms with Gasteiger partial charge in [-0.05, 0) is 29.3 Å². The van der Waals surface area contributed by atoms with E-state index in [1.165, 1.54) is 18.2 Å². The second kappa shape index (κ2) is 6.22. The standard InChI is InChI=1S/C15H11N3O2/c16-18-17-13(10-11-6-2-1-3-7-11)15(20)12-8-4-5-9-14(12)19/h1-10,19H/b13-10-. The van der Waals surface area contributed by atoms with Gasteiger partial charge in [0.25, 0.3) is 0 Å². The summed E-state index contributed by atoms with van der Waals surface area (Å²) in [4.78, 5) is 14.9. The molecular formula is C15H11N3O2. The van der Waals surface area contributed by atoms with Crippen LogP contribution in [0.15, 0.2) is 65.4 Å². The molecule has 0 heterocycles. The molecular weight excluding hydrogens is 254 g/mol. The fourth-order valence-corrected chi connectivity index (χ4v) is 1.70. The van der Waals surface area contributed by atoms with Crippen LogP contribution in [0, 0.1) is 0 Å². The Kier molecular flexibility index (Phi) is 4.17. The summed E-state index contributed by atoms with van der Waals surface area (Å²) >= 11 is 0. The molecule has 0 saturated heterocycles. The summed E-state index contributed by atoms with van der Waals surface area (Å²) in [5.41, 5.74) is 9.35. The van der Waals surface area contributed by atoms with Crippen LogP contribution in [-0.2, 0) is 0 Å². The number of ketones is 1. The zero-order valence-corrected chi connectivity index (χ0v) is 10.5. The van der Waals surface area contributed by atoms with Crippen LogP contribution in [0.5, 0.6) is 5.75 Å². The van der Waals surface area contributed by atoms with E-state index in [0.29, 0.717) is 0 Å². The average molecular weight is 265 g/mol. The van der Waals surface area contributed by atoms with Gasteiger partial charge < -0.3 is 5.11 Å². The summed E-state index contributed by atoms with van der Waals surface area (Å²) in [6, 6.07) is 15.1. The van der Waals surface area contributed by atoms with E-state index in [-0.39, 0.29) is 17.0 Å². The lowest BCUT2D eigenvalue weighted by Crippen LogP contribution is -2.01. The highest BCUT2D eigenvalue weighted by atomic mass is 16.3. The molecule has 2 rings (SSSR count). The lowest BCUT2D eigenvalue weighted by Gasteiger charge is -2.03. The number of allylic oxidation sites excluding steroid dienone is 1. The Morgan fingerprint density at radius 3 is 2.40 bits per heavy atom. The first kappa shape index (κ1) is 13.4. The molecule has 0 aliphatic rings. The number of carbonyl (C=O) groups excluding carboxylic acids is 1. The highest BCUT2D eigenvalue weighted by Crippen LogP contribution is 2.21. The van der Waals surface area contributed by atoms with Crippen molar-refractivity contribution in [3.05, 3.63) is 81.9 Å². The highest BCUT2D eigenvalue weighted by Gasteiger charge is 2.14. The second-order valence-electron chi connectivity index (χ2n) is 3.98. The molecule has 1 N–H and O–H groups in total. The van der Waals surface area contributed by atoms with E-state index in [1.54, 1.807) is 24.3 Å². The summed E-state index contributed by atoms with van der Waals surface area (Å²) < 4.78 is 0. The van der Waals surface area contributed by atoms with Crippen molar-refractivity contribution >= 4 is 11.9 Å². The van der Waals surface area contributed by atoms with Gasteiger partial charge in [-0.2, -0.15) is 0 Å². The predicted octanol–water partition coefficient (Wildman–Crippen LogP) is 3.93. The zero-order chi connectivity index (χ0) is 14.4. The Hall–Kier alpha value is -3.04. The van der Waals surface area contributed by atoms with Gasteiger partial charge in [0.1, 0.15) is 5.75 Å². The molecule has 5 heteroatoms. The fraction of sp³-hybridized carbons (Fsp3) is 0. The third-order valence-electron chi connectivity index (χ3n) is 2.64. The summed E-state index contributed by atoms with van der Waals surface area (Å²) in [5, 5.41) is 13.1. The van der Waals surface area contributed by atoms with Crippen molar-refractivity contribution in [3.63, 3.8) is 0 Å². The molecule has 0 aromatic heterocycles. The molecule has 0 unspecified atom stereocenters. The number of phenolic OH excluding ortho intramolecular Hbond substituents is 1. The number of azide groups is 1. The first-order valence-corrected chi connectivity index (χ1v) is 5.87.